The molecule has 1 aliphatic rings. The van der Waals surface area contributed by atoms with Crippen LogP contribution >= 0.6 is 22.6 Å². The second kappa shape index (κ2) is 5.56. The second-order valence-electron chi connectivity index (χ2n) is 4.03. The zero-order valence-electron chi connectivity index (χ0n) is 9.28. The Morgan fingerprint density at radius 1 is 1.59 bits per heavy atom. The molecule has 90 valence electrons. The molecule has 0 aromatic heterocycles. The molecule has 1 saturated heterocycles. The molecule has 4 nitrogen and oxygen atoms in total. The third kappa shape index (κ3) is 3.01. The van der Waals surface area contributed by atoms with Crippen molar-refractivity contribution in [2.75, 3.05) is 25.6 Å². The Morgan fingerprint density at radius 3 is 3.00 bits per heavy atom. The van der Waals surface area contributed by atoms with Crippen LogP contribution in [0.1, 0.15) is 12.0 Å². The van der Waals surface area contributed by atoms with Gasteiger partial charge in [-0.2, -0.15) is 5.26 Å². The van der Waals surface area contributed by atoms with Crippen molar-refractivity contribution in [3.8, 4) is 11.8 Å². The van der Waals surface area contributed by atoms with E-state index in [4.69, 9.17) is 20.5 Å². The molecule has 2 N–H and O–H groups in total. The van der Waals surface area contributed by atoms with E-state index in [2.05, 4.69) is 28.7 Å². The Morgan fingerprint density at radius 2 is 2.41 bits per heavy atom. The van der Waals surface area contributed by atoms with E-state index >= 15 is 0 Å². The minimum atomic E-state index is 0.445. The van der Waals surface area contributed by atoms with Crippen LogP contribution in [0, 0.1) is 20.8 Å². The smallest absolute Gasteiger partial charge is 0.155 e. The van der Waals surface area contributed by atoms with Gasteiger partial charge in [-0.1, -0.05) is 0 Å². The van der Waals surface area contributed by atoms with Gasteiger partial charge in [-0.05, 0) is 41.1 Å². The maximum Gasteiger partial charge on any atom is 0.155 e. The first-order valence-corrected chi connectivity index (χ1v) is 6.48. The minimum Gasteiger partial charge on any atom is -0.490 e. The molecule has 0 amide bonds. The van der Waals surface area contributed by atoms with E-state index in [1.165, 1.54) is 0 Å². The third-order valence-corrected chi connectivity index (χ3v) is 3.49. The lowest BCUT2D eigenvalue weighted by Crippen LogP contribution is -2.13. The summed E-state index contributed by atoms with van der Waals surface area (Å²) in [6, 6.07) is 5.49. The van der Waals surface area contributed by atoms with Gasteiger partial charge in [-0.25, -0.2) is 0 Å². The molecule has 1 heterocycles. The third-order valence-electron chi connectivity index (χ3n) is 2.69. The molecule has 1 atom stereocenters. The van der Waals surface area contributed by atoms with Crippen LogP contribution in [0.15, 0.2) is 12.1 Å². The van der Waals surface area contributed by atoms with E-state index < -0.39 is 0 Å². The second-order valence-corrected chi connectivity index (χ2v) is 5.19. The molecule has 0 bridgehead atoms. The van der Waals surface area contributed by atoms with E-state index in [9.17, 15) is 0 Å². The SMILES string of the molecule is N#Cc1cc(N)c(OCC2CCOC2)c(I)c1. The number of hydrogen-bond acceptors (Lipinski definition) is 4. The Bertz CT molecular complexity index is 427. The molecule has 17 heavy (non-hydrogen) atoms. The number of benzene rings is 1. The van der Waals surface area contributed by atoms with Gasteiger partial charge >= 0.3 is 0 Å². The van der Waals surface area contributed by atoms with Crippen molar-refractivity contribution in [3.63, 3.8) is 0 Å². The van der Waals surface area contributed by atoms with Gasteiger partial charge in [0.15, 0.2) is 5.75 Å². The first-order chi connectivity index (χ1) is 8.20. The predicted molar refractivity (Wildman–Crippen MR) is 72.7 cm³/mol. The Labute approximate surface area is 114 Å². The van der Waals surface area contributed by atoms with Crippen LogP contribution < -0.4 is 10.5 Å². The average Bonchev–Trinajstić information content (AvgIpc) is 2.80. The van der Waals surface area contributed by atoms with Gasteiger partial charge in [0.05, 0.1) is 34.1 Å². The highest BCUT2D eigenvalue weighted by Gasteiger charge is 2.17. The molecule has 1 fully saturated rings. The number of ether oxygens (including phenoxy) is 2. The zero-order chi connectivity index (χ0) is 12.3. The van der Waals surface area contributed by atoms with Crippen molar-refractivity contribution in [1.29, 1.82) is 5.26 Å². The topological polar surface area (TPSA) is 68.3 Å². The molecule has 5 heteroatoms. The highest BCUT2D eigenvalue weighted by Crippen LogP contribution is 2.30. The quantitative estimate of drug-likeness (QED) is 0.674. The number of anilines is 1. The molecule has 0 saturated carbocycles. The highest BCUT2D eigenvalue weighted by atomic mass is 127. The van der Waals surface area contributed by atoms with Crippen molar-refractivity contribution in [2.24, 2.45) is 5.92 Å². The fraction of sp³-hybridized carbons (Fsp3) is 0.417. The number of nitrogen functional groups attached to an aromatic ring is 1. The monoisotopic (exact) mass is 344 g/mol. The molecule has 1 unspecified atom stereocenters. The van der Waals surface area contributed by atoms with Crippen molar-refractivity contribution >= 4 is 28.3 Å². The molecule has 0 aliphatic carbocycles. The van der Waals surface area contributed by atoms with Gasteiger partial charge < -0.3 is 15.2 Å². The summed E-state index contributed by atoms with van der Waals surface area (Å²) in [5.41, 5.74) is 6.95. The largest absolute Gasteiger partial charge is 0.490 e. The number of nitrogens with two attached hydrogens (primary N) is 1. The maximum atomic E-state index is 8.81. The lowest BCUT2D eigenvalue weighted by molar-refractivity contribution is 0.167. The van der Waals surface area contributed by atoms with Crippen LogP contribution in [0.4, 0.5) is 5.69 Å². The fourth-order valence-corrected chi connectivity index (χ4v) is 2.55. The van der Waals surface area contributed by atoms with E-state index in [0.717, 1.165) is 23.2 Å². The van der Waals surface area contributed by atoms with E-state index in [0.29, 0.717) is 29.5 Å². The van der Waals surface area contributed by atoms with Crippen LogP contribution in [0.5, 0.6) is 5.75 Å². The Kier molecular flexibility index (Phi) is 4.07. The number of nitriles is 1. The highest BCUT2D eigenvalue weighted by molar-refractivity contribution is 14.1. The lowest BCUT2D eigenvalue weighted by atomic mass is 10.1. The van der Waals surface area contributed by atoms with Crippen LogP contribution in [0.3, 0.4) is 0 Å². The Balaban J connectivity index is 2.07. The molecule has 1 aromatic rings. The van der Waals surface area contributed by atoms with Gasteiger partial charge in [0.1, 0.15) is 0 Å². The summed E-state index contributed by atoms with van der Waals surface area (Å²) in [5.74, 6) is 1.12. The first kappa shape index (κ1) is 12.5. The molecular formula is C12H13IN2O2. The molecule has 1 aromatic carbocycles. The summed E-state index contributed by atoms with van der Waals surface area (Å²) in [6.07, 6.45) is 1.03. The molecule has 1 aliphatic heterocycles. The molecule has 2 rings (SSSR count). The summed E-state index contributed by atoms with van der Waals surface area (Å²) in [6.45, 7) is 2.19. The summed E-state index contributed by atoms with van der Waals surface area (Å²) in [5, 5.41) is 8.81. The van der Waals surface area contributed by atoms with Crippen molar-refractivity contribution in [1.82, 2.24) is 0 Å². The van der Waals surface area contributed by atoms with Gasteiger partial charge in [-0.3, -0.25) is 0 Å². The summed E-state index contributed by atoms with van der Waals surface area (Å²) in [7, 11) is 0. The fourth-order valence-electron chi connectivity index (χ4n) is 1.75. The summed E-state index contributed by atoms with van der Waals surface area (Å²) < 4.78 is 11.9. The van der Waals surface area contributed by atoms with Crippen molar-refractivity contribution in [3.05, 3.63) is 21.3 Å². The van der Waals surface area contributed by atoms with Crippen LogP contribution in [-0.4, -0.2) is 19.8 Å². The van der Waals surface area contributed by atoms with Gasteiger partial charge in [0.25, 0.3) is 0 Å². The maximum absolute atomic E-state index is 8.81. The average molecular weight is 344 g/mol. The number of halogens is 1. The molecule has 0 spiro atoms. The first-order valence-electron chi connectivity index (χ1n) is 5.40. The minimum absolute atomic E-state index is 0.445. The van der Waals surface area contributed by atoms with E-state index in [-0.39, 0.29) is 0 Å². The number of rotatable bonds is 3. The standard InChI is InChI=1S/C12H13IN2O2/c13-10-3-9(5-14)4-11(15)12(10)17-7-8-1-2-16-6-8/h3-4,8H,1-2,6-7,15H2. The van der Waals surface area contributed by atoms with Gasteiger partial charge in [0.2, 0.25) is 0 Å². The van der Waals surface area contributed by atoms with E-state index in [1.54, 1.807) is 12.1 Å². The van der Waals surface area contributed by atoms with Crippen LogP contribution in [0.25, 0.3) is 0 Å². The lowest BCUT2D eigenvalue weighted by Gasteiger charge is -2.14. The number of hydrogen-bond donors (Lipinski definition) is 1. The van der Waals surface area contributed by atoms with Gasteiger partial charge in [-0.15, -0.1) is 0 Å². The van der Waals surface area contributed by atoms with Crippen LogP contribution in [0.2, 0.25) is 0 Å². The predicted octanol–water partition coefficient (Wildman–Crippen LogP) is 2.16. The Hall–Kier alpha value is -1.00. The van der Waals surface area contributed by atoms with Crippen molar-refractivity contribution in [2.45, 2.75) is 6.42 Å². The number of nitrogens with zero attached hydrogens (tertiary/aromatic N) is 1. The molecule has 0 radical (unpaired) electrons. The molecular weight excluding hydrogens is 331 g/mol. The van der Waals surface area contributed by atoms with E-state index in [1.807, 2.05) is 0 Å². The summed E-state index contributed by atoms with van der Waals surface area (Å²) >= 11 is 2.13. The van der Waals surface area contributed by atoms with Gasteiger partial charge in [0, 0.05) is 12.5 Å². The van der Waals surface area contributed by atoms with Crippen LogP contribution in [-0.2, 0) is 4.74 Å². The summed E-state index contributed by atoms with van der Waals surface area (Å²) in [4.78, 5) is 0. The zero-order valence-corrected chi connectivity index (χ0v) is 11.4. The van der Waals surface area contributed by atoms with Crippen molar-refractivity contribution < 1.29 is 9.47 Å². The normalized spacial score (nSPS) is 18.9.